The summed E-state index contributed by atoms with van der Waals surface area (Å²) in [4.78, 5) is 16.1. The second kappa shape index (κ2) is 4.22. The fourth-order valence-corrected chi connectivity index (χ4v) is 2.38. The molecule has 2 aromatic rings. The molecule has 2 rings (SSSR count). The molecule has 92 valence electrons. The second-order valence-corrected chi connectivity index (χ2v) is 5.39. The predicted molar refractivity (Wildman–Crippen MR) is 65.4 cm³/mol. The van der Waals surface area contributed by atoms with Gasteiger partial charge in [-0.15, -0.1) is 0 Å². The smallest absolute Gasteiger partial charge is 0.323 e. The molecule has 5 N–H and O–H groups in total. The number of rotatable bonds is 4. The van der Waals surface area contributed by atoms with Crippen molar-refractivity contribution in [2.75, 3.05) is 17.0 Å². The lowest BCUT2D eigenvalue weighted by molar-refractivity contribution is 0.601. The first kappa shape index (κ1) is 11.7. The molecule has 0 spiro atoms. The number of aromatic amines is 2. The van der Waals surface area contributed by atoms with Crippen LogP contribution in [0.4, 0.5) is 5.69 Å². The molecule has 1 aromatic carbocycles. The highest BCUT2D eigenvalue weighted by Gasteiger charge is 2.09. The molecule has 0 radical (unpaired) electrons. The van der Waals surface area contributed by atoms with Crippen LogP contribution in [0.15, 0.2) is 23.0 Å². The number of H-pyrrole nitrogens is 2. The van der Waals surface area contributed by atoms with Gasteiger partial charge in [-0.2, -0.15) is 0 Å². The van der Waals surface area contributed by atoms with E-state index in [1.165, 1.54) is 0 Å². The molecule has 0 unspecified atom stereocenters. The number of anilines is 1. The summed E-state index contributed by atoms with van der Waals surface area (Å²) in [5.41, 5.74) is 6.42. The van der Waals surface area contributed by atoms with Gasteiger partial charge in [-0.25, -0.2) is 13.2 Å². The number of aromatic nitrogens is 2. The Morgan fingerprint density at radius 1 is 1.24 bits per heavy atom. The Hall–Kier alpha value is -1.80. The second-order valence-electron chi connectivity index (χ2n) is 3.55. The Kier molecular flexibility index (Phi) is 2.90. The zero-order valence-electron chi connectivity index (χ0n) is 8.86. The van der Waals surface area contributed by atoms with Crippen molar-refractivity contribution in [2.45, 2.75) is 0 Å². The van der Waals surface area contributed by atoms with Crippen LogP contribution in [0.1, 0.15) is 0 Å². The van der Waals surface area contributed by atoms with Gasteiger partial charge in [0.2, 0.25) is 10.0 Å². The molecule has 0 fully saturated rings. The van der Waals surface area contributed by atoms with Gasteiger partial charge in [-0.1, -0.05) is 0 Å². The molecular weight excluding hydrogens is 244 g/mol. The lowest BCUT2D eigenvalue weighted by Crippen LogP contribution is -2.22. The van der Waals surface area contributed by atoms with Crippen LogP contribution in [-0.4, -0.2) is 30.7 Å². The van der Waals surface area contributed by atoms with Crippen molar-refractivity contribution in [3.63, 3.8) is 0 Å². The molecular formula is C9H12N4O3S. The Bertz CT molecular complexity index is 686. The SMILES string of the molecule is NCCS(=O)(=O)Nc1ccc2[nH]c(=O)[nH]c2c1. The van der Waals surface area contributed by atoms with E-state index in [-0.39, 0.29) is 18.0 Å². The van der Waals surface area contributed by atoms with Crippen molar-refractivity contribution in [3.8, 4) is 0 Å². The maximum absolute atomic E-state index is 11.5. The molecule has 0 atom stereocenters. The van der Waals surface area contributed by atoms with Crippen LogP contribution in [0.25, 0.3) is 11.0 Å². The third kappa shape index (κ3) is 2.66. The number of hydrogen-bond donors (Lipinski definition) is 4. The largest absolute Gasteiger partial charge is 0.329 e. The summed E-state index contributed by atoms with van der Waals surface area (Å²) in [5.74, 6) is -0.144. The normalized spacial score (nSPS) is 11.8. The molecule has 8 heteroatoms. The predicted octanol–water partition coefficient (Wildman–Crippen LogP) is -0.443. The maximum Gasteiger partial charge on any atom is 0.323 e. The van der Waals surface area contributed by atoms with Crippen molar-refractivity contribution in [1.29, 1.82) is 0 Å². The van der Waals surface area contributed by atoms with Gasteiger partial charge in [0.1, 0.15) is 0 Å². The molecule has 17 heavy (non-hydrogen) atoms. The summed E-state index contributed by atoms with van der Waals surface area (Å²) in [5, 5.41) is 0. The van der Waals surface area contributed by atoms with Gasteiger partial charge in [0.15, 0.2) is 0 Å². The number of nitrogens with one attached hydrogen (secondary N) is 3. The zero-order valence-corrected chi connectivity index (χ0v) is 9.67. The summed E-state index contributed by atoms with van der Waals surface area (Å²) in [6, 6.07) is 4.73. The van der Waals surface area contributed by atoms with E-state index in [1.54, 1.807) is 18.2 Å². The fraction of sp³-hybridized carbons (Fsp3) is 0.222. The van der Waals surface area contributed by atoms with Crippen molar-refractivity contribution in [3.05, 3.63) is 28.7 Å². The van der Waals surface area contributed by atoms with E-state index in [2.05, 4.69) is 14.7 Å². The van der Waals surface area contributed by atoms with E-state index in [4.69, 9.17) is 5.73 Å². The molecule has 0 aliphatic heterocycles. The minimum atomic E-state index is -3.42. The first-order chi connectivity index (χ1) is 8.00. The van der Waals surface area contributed by atoms with Gasteiger partial charge in [0, 0.05) is 6.54 Å². The maximum atomic E-state index is 11.5. The summed E-state index contributed by atoms with van der Waals surface area (Å²) < 4.78 is 25.3. The summed E-state index contributed by atoms with van der Waals surface area (Å²) >= 11 is 0. The Morgan fingerprint density at radius 3 is 2.65 bits per heavy atom. The number of sulfonamides is 1. The third-order valence-corrected chi connectivity index (χ3v) is 3.50. The van der Waals surface area contributed by atoms with Crippen LogP contribution in [0.5, 0.6) is 0 Å². The van der Waals surface area contributed by atoms with Crippen LogP contribution >= 0.6 is 0 Å². The van der Waals surface area contributed by atoms with Gasteiger partial charge in [-0.3, -0.25) is 4.72 Å². The highest BCUT2D eigenvalue weighted by Crippen LogP contribution is 2.15. The monoisotopic (exact) mass is 256 g/mol. The Balaban J connectivity index is 2.34. The molecule has 0 amide bonds. The van der Waals surface area contributed by atoms with E-state index in [9.17, 15) is 13.2 Å². The first-order valence-electron chi connectivity index (χ1n) is 4.93. The van der Waals surface area contributed by atoms with Crippen LogP contribution in [0.3, 0.4) is 0 Å². The quantitative estimate of drug-likeness (QED) is 0.592. The number of benzene rings is 1. The topological polar surface area (TPSA) is 121 Å². The molecule has 7 nitrogen and oxygen atoms in total. The number of nitrogens with two attached hydrogens (primary N) is 1. The molecule has 0 aliphatic rings. The minimum absolute atomic E-state index is 0.0541. The van der Waals surface area contributed by atoms with Crippen molar-refractivity contribution in [1.82, 2.24) is 9.97 Å². The van der Waals surface area contributed by atoms with Gasteiger partial charge >= 0.3 is 5.69 Å². The average molecular weight is 256 g/mol. The summed E-state index contributed by atoms with van der Waals surface area (Å²) in [6.07, 6.45) is 0. The molecule has 0 saturated heterocycles. The highest BCUT2D eigenvalue weighted by molar-refractivity contribution is 7.92. The molecule has 1 heterocycles. The van der Waals surface area contributed by atoms with Crippen molar-refractivity contribution >= 4 is 26.7 Å². The van der Waals surface area contributed by atoms with E-state index < -0.39 is 10.0 Å². The van der Waals surface area contributed by atoms with Gasteiger partial charge in [-0.05, 0) is 18.2 Å². The van der Waals surface area contributed by atoms with Crippen LogP contribution in [-0.2, 0) is 10.0 Å². The average Bonchev–Trinajstić information content (AvgIpc) is 2.56. The number of imidazole rings is 1. The standard InChI is InChI=1S/C9H12N4O3S/c10-3-4-17(15,16)13-6-1-2-7-8(5-6)12-9(14)11-7/h1-2,5,13H,3-4,10H2,(H2,11,12,14). The molecule has 1 aromatic heterocycles. The van der Waals surface area contributed by atoms with E-state index in [1.807, 2.05) is 0 Å². The number of fused-ring (bicyclic) bond motifs is 1. The van der Waals surface area contributed by atoms with E-state index in [0.717, 1.165) is 0 Å². The highest BCUT2D eigenvalue weighted by atomic mass is 32.2. The first-order valence-corrected chi connectivity index (χ1v) is 6.58. The fourth-order valence-electron chi connectivity index (χ4n) is 1.48. The third-order valence-electron chi connectivity index (χ3n) is 2.18. The minimum Gasteiger partial charge on any atom is -0.329 e. The van der Waals surface area contributed by atoms with E-state index >= 15 is 0 Å². The van der Waals surface area contributed by atoms with Gasteiger partial charge in [0.25, 0.3) is 0 Å². The summed E-state index contributed by atoms with van der Waals surface area (Å²) in [7, 11) is -3.42. The zero-order chi connectivity index (χ0) is 12.5. The Labute approximate surface area is 97.1 Å². The van der Waals surface area contributed by atoms with Crippen molar-refractivity contribution in [2.24, 2.45) is 5.73 Å². The Morgan fingerprint density at radius 2 is 1.94 bits per heavy atom. The summed E-state index contributed by atoms with van der Waals surface area (Å²) in [6.45, 7) is 0.0541. The van der Waals surface area contributed by atoms with Crippen LogP contribution < -0.4 is 16.1 Å². The van der Waals surface area contributed by atoms with Crippen LogP contribution in [0, 0.1) is 0 Å². The number of hydrogen-bond acceptors (Lipinski definition) is 4. The van der Waals surface area contributed by atoms with E-state index in [0.29, 0.717) is 16.7 Å². The van der Waals surface area contributed by atoms with Gasteiger partial charge < -0.3 is 15.7 Å². The van der Waals surface area contributed by atoms with Crippen LogP contribution in [0.2, 0.25) is 0 Å². The van der Waals surface area contributed by atoms with Gasteiger partial charge in [0.05, 0.1) is 22.5 Å². The molecule has 0 bridgehead atoms. The lowest BCUT2D eigenvalue weighted by Gasteiger charge is -2.06. The van der Waals surface area contributed by atoms with Crippen molar-refractivity contribution < 1.29 is 8.42 Å². The lowest BCUT2D eigenvalue weighted by atomic mass is 10.3. The molecule has 0 aliphatic carbocycles. The molecule has 0 saturated carbocycles.